The zero-order chi connectivity index (χ0) is 18.0. The Morgan fingerprint density at radius 3 is 2.68 bits per heavy atom. The van der Waals surface area contributed by atoms with Gasteiger partial charge in [-0.15, -0.1) is 0 Å². The van der Waals surface area contributed by atoms with Crippen molar-refractivity contribution in [3.63, 3.8) is 0 Å². The van der Waals surface area contributed by atoms with Crippen molar-refractivity contribution in [3.05, 3.63) is 35.6 Å². The predicted molar refractivity (Wildman–Crippen MR) is 104 cm³/mol. The zero-order valence-corrected chi connectivity index (χ0v) is 16.7. The number of allylic oxidation sites excluding steroid dienone is 3. The first-order valence-electron chi connectivity index (χ1n) is 8.78. The van der Waals surface area contributed by atoms with Crippen LogP contribution in [0.5, 0.6) is 0 Å². The average molecular weight is 408 g/mol. The molecule has 1 saturated heterocycles. The minimum atomic E-state index is -0.438. The SMILES string of the molecule is CC(C)(C)OC(=O)N1CCN(CC2=CC3C(=CN=CC3Br)C=C2)CC1. The van der Waals surface area contributed by atoms with E-state index in [2.05, 4.69) is 44.1 Å². The molecule has 6 heteroatoms. The molecule has 0 aromatic heterocycles. The van der Waals surface area contributed by atoms with Crippen molar-refractivity contribution in [2.75, 3.05) is 32.7 Å². The summed E-state index contributed by atoms with van der Waals surface area (Å²) in [6, 6.07) is 0. The summed E-state index contributed by atoms with van der Waals surface area (Å²) in [6.07, 6.45) is 10.4. The first-order valence-corrected chi connectivity index (χ1v) is 9.70. The van der Waals surface area contributed by atoms with Gasteiger partial charge in [-0.25, -0.2) is 4.79 Å². The van der Waals surface area contributed by atoms with Crippen LogP contribution in [0.1, 0.15) is 20.8 Å². The maximum Gasteiger partial charge on any atom is 0.410 e. The standard InChI is InChI=1S/C19H26BrN3O2/c1-19(2,3)25-18(24)23-8-6-22(7-9-23)13-14-4-5-15-11-21-12-17(20)16(15)10-14/h4-5,10-12,16-17H,6-9,13H2,1-3H3. The summed E-state index contributed by atoms with van der Waals surface area (Å²) in [6.45, 7) is 9.80. The molecule has 25 heavy (non-hydrogen) atoms. The van der Waals surface area contributed by atoms with Gasteiger partial charge in [0, 0.05) is 51.1 Å². The molecule has 1 amide bonds. The lowest BCUT2D eigenvalue weighted by Crippen LogP contribution is -2.50. The van der Waals surface area contributed by atoms with Crippen LogP contribution >= 0.6 is 15.9 Å². The molecule has 2 unspecified atom stereocenters. The largest absolute Gasteiger partial charge is 0.444 e. The molecule has 0 aromatic carbocycles. The fraction of sp³-hybridized carbons (Fsp3) is 0.579. The highest BCUT2D eigenvalue weighted by molar-refractivity contribution is 9.10. The van der Waals surface area contributed by atoms with Crippen molar-refractivity contribution in [1.29, 1.82) is 0 Å². The summed E-state index contributed by atoms with van der Waals surface area (Å²) in [5.41, 5.74) is 2.14. The Hall–Kier alpha value is -1.40. The summed E-state index contributed by atoms with van der Waals surface area (Å²) in [4.78, 5) is 20.9. The number of rotatable bonds is 2. The molecule has 136 valence electrons. The third-order valence-corrected chi connectivity index (χ3v) is 5.30. The van der Waals surface area contributed by atoms with Gasteiger partial charge in [0.1, 0.15) is 5.60 Å². The Bertz CT molecular complexity index is 638. The van der Waals surface area contributed by atoms with Crippen LogP contribution < -0.4 is 0 Å². The molecular weight excluding hydrogens is 382 g/mol. The number of hydrogen-bond donors (Lipinski definition) is 0. The highest BCUT2D eigenvalue weighted by Crippen LogP contribution is 2.31. The van der Waals surface area contributed by atoms with E-state index in [1.807, 2.05) is 33.2 Å². The Labute approximate surface area is 158 Å². The van der Waals surface area contributed by atoms with Crippen molar-refractivity contribution in [2.24, 2.45) is 10.9 Å². The molecule has 0 spiro atoms. The molecule has 0 saturated carbocycles. The monoisotopic (exact) mass is 407 g/mol. The lowest BCUT2D eigenvalue weighted by Gasteiger charge is -2.36. The maximum atomic E-state index is 12.1. The molecule has 0 radical (unpaired) electrons. The molecule has 2 heterocycles. The summed E-state index contributed by atoms with van der Waals surface area (Å²) in [5, 5.41) is 0. The number of ether oxygens (including phenoxy) is 1. The van der Waals surface area contributed by atoms with Gasteiger partial charge in [0.05, 0.1) is 4.83 Å². The van der Waals surface area contributed by atoms with E-state index < -0.39 is 5.60 Å². The molecule has 0 N–H and O–H groups in total. The molecule has 1 aliphatic carbocycles. The van der Waals surface area contributed by atoms with Crippen molar-refractivity contribution < 1.29 is 9.53 Å². The summed E-state index contributed by atoms with van der Waals surface area (Å²) >= 11 is 3.69. The van der Waals surface area contributed by atoms with Gasteiger partial charge >= 0.3 is 6.09 Å². The summed E-state index contributed by atoms with van der Waals surface area (Å²) in [7, 11) is 0. The smallest absolute Gasteiger partial charge is 0.410 e. The Kier molecular flexibility index (Phi) is 5.49. The first kappa shape index (κ1) is 18.4. The number of nitrogens with zero attached hydrogens (tertiary/aromatic N) is 3. The summed E-state index contributed by atoms with van der Waals surface area (Å²) < 4.78 is 5.46. The van der Waals surface area contributed by atoms with Gasteiger partial charge in [-0.1, -0.05) is 34.2 Å². The highest BCUT2D eigenvalue weighted by Gasteiger charge is 2.27. The lowest BCUT2D eigenvalue weighted by molar-refractivity contribution is 0.0153. The highest BCUT2D eigenvalue weighted by atomic mass is 79.9. The topological polar surface area (TPSA) is 45.1 Å². The van der Waals surface area contributed by atoms with Gasteiger partial charge in [0.25, 0.3) is 0 Å². The molecule has 2 atom stereocenters. The fourth-order valence-electron chi connectivity index (χ4n) is 3.18. The van der Waals surface area contributed by atoms with Crippen LogP contribution in [-0.2, 0) is 4.74 Å². The zero-order valence-electron chi connectivity index (χ0n) is 15.1. The van der Waals surface area contributed by atoms with Crippen LogP contribution in [0.15, 0.2) is 40.6 Å². The minimum absolute atomic E-state index is 0.206. The first-order chi connectivity index (χ1) is 11.8. The van der Waals surface area contributed by atoms with E-state index in [9.17, 15) is 4.79 Å². The summed E-state index contributed by atoms with van der Waals surface area (Å²) in [5.74, 6) is 0.362. The average Bonchev–Trinajstić information content (AvgIpc) is 2.55. The second kappa shape index (κ2) is 7.46. The van der Waals surface area contributed by atoms with Crippen LogP contribution in [-0.4, -0.2) is 65.3 Å². The number of alkyl halides is 1. The van der Waals surface area contributed by atoms with Gasteiger partial charge in [0.2, 0.25) is 0 Å². The van der Waals surface area contributed by atoms with E-state index in [1.54, 1.807) is 4.90 Å². The molecule has 5 nitrogen and oxygen atoms in total. The van der Waals surface area contributed by atoms with Gasteiger partial charge in [0.15, 0.2) is 0 Å². The Balaban J connectivity index is 1.51. The number of hydrogen-bond acceptors (Lipinski definition) is 4. The van der Waals surface area contributed by atoms with E-state index in [1.165, 1.54) is 11.1 Å². The van der Waals surface area contributed by atoms with Gasteiger partial charge in [-0.05, 0) is 31.9 Å². The van der Waals surface area contributed by atoms with Gasteiger partial charge in [-0.3, -0.25) is 9.89 Å². The van der Waals surface area contributed by atoms with Crippen LogP contribution in [0.3, 0.4) is 0 Å². The van der Waals surface area contributed by atoms with E-state index in [4.69, 9.17) is 4.74 Å². The minimum Gasteiger partial charge on any atom is -0.444 e. The van der Waals surface area contributed by atoms with Gasteiger partial charge in [-0.2, -0.15) is 0 Å². The van der Waals surface area contributed by atoms with Crippen LogP contribution in [0.25, 0.3) is 0 Å². The number of halogens is 1. The third kappa shape index (κ3) is 4.82. The molecule has 2 aliphatic heterocycles. The molecule has 1 fully saturated rings. The molecule has 0 aromatic rings. The molecule has 0 bridgehead atoms. The number of piperazine rings is 1. The third-order valence-electron chi connectivity index (χ3n) is 4.49. The number of amides is 1. The second-order valence-corrected chi connectivity index (χ2v) is 8.77. The van der Waals surface area contributed by atoms with E-state index in [-0.39, 0.29) is 10.9 Å². The van der Waals surface area contributed by atoms with E-state index in [0.29, 0.717) is 19.0 Å². The fourth-order valence-corrected chi connectivity index (χ4v) is 3.78. The van der Waals surface area contributed by atoms with E-state index >= 15 is 0 Å². The van der Waals surface area contributed by atoms with Crippen molar-refractivity contribution >= 4 is 28.2 Å². The Morgan fingerprint density at radius 1 is 1.28 bits per heavy atom. The van der Waals surface area contributed by atoms with Crippen LogP contribution in [0.4, 0.5) is 4.79 Å². The van der Waals surface area contributed by atoms with Crippen LogP contribution in [0.2, 0.25) is 0 Å². The quantitative estimate of drug-likeness (QED) is 0.659. The number of carbonyl (C=O) groups excluding carboxylic acids is 1. The predicted octanol–water partition coefficient (Wildman–Crippen LogP) is 3.38. The number of aliphatic imine (C=N–C) groups is 1. The van der Waals surface area contributed by atoms with E-state index in [0.717, 1.165) is 19.6 Å². The second-order valence-electron chi connectivity index (χ2n) is 7.72. The number of carbonyl (C=O) groups is 1. The Morgan fingerprint density at radius 2 is 2.00 bits per heavy atom. The normalized spacial score (nSPS) is 26.8. The van der Waals surface area contributed by atoms with Crippen molar-refractivity contribution in [1.82, 2.24) is 9.80 Å². The van der Waals surface area contributed by atoms with Crippen molar-refractivity contribution in [3.8, 4) is 0 Å². The molecule has 3 aliphatic rings. The van der Waals surface area contributed by atoms with Crippen molar-refractivity contribution in [2.45, 2.75) is 31.2 Å². The van der Waals surface area contributed by atoms with Gasteiger partial charge < -0.3 is 9.64 Å². The maximum absolute atomic E-state index is 12.1. The number of fused-ring (bicyclic) bond motifs is 1. The van der Waals surface area contributed by atoms with Crippen LogP contribution in [0, 0.1) is 5.92 Å². The lowest BCUT2D eigenvalue weighted by atomic mass is 9.88. The molecule has 3 rings (SSSR count). The molecular formula is C19H26BrN3O2.